The van der Waals surface area contributed by atoms with Crippen LogP contribution in [0.25, 0.3) is 0 Å². The van der Waals surface area contributed by atoms with Gasteiger partial charge in [-0.2, -0.15) is 5.10 Å². The lowest BCUT2D eigenvalue weighted by Gasteiger charge is -2.08. The summed E-state index contributed by atoms with van der Waals surface area (Å²) in [6.45, 7) is 1.01. The number of hydrogen-bond acceptors (Lipinski definition) is 3. The quantitative estimate of drug-likeness (QED) is 0.818. The highest BCUT2D eigenvalue weighted by atomic mass is 16.2. The zero-order valence-electron chi connectivity index (χ0n) is 10.6. The molecule has 2 rings (SSSR count). The van der Waals surface area contributed by atoms with Crippen molar-refractivity contribution in [2.45, 2.75) is 19.4 Å². The van der Waals surface area contributed by atoms with E-state index < -0.39 is 0 Å². The maximum atomic E-state index is 8.83. The van der Waals surface area contributed by atoms with Gasteiger partial charge in [-0.05, 0) is 36.6 Å². The van der Waals surface area contributed by atoms with Crippen molar-refractivity contribution >= 4 is 5.69 Å². The summed E-state index contributed by atoms with van der Waals surface area (Å²) in [7, 11) is 1.94. The van der Waals surface area contributed by atoms with Gasteiger partial charge in [0.05, 0.1) is 12.2 Å². The Morgan fingerprint density at radius 2 is 2.22 bits per heavy atom. The molecule has 4 heteroatoms. The fourth-order valence-electron chi connectivity index (χ4n) is 1.89. The maximum Gasteiger partial charge on any atom is 0.0571 e. The zero-order chi connectivity index (χ0) is 12.8. The van der Waals surface area contributed by atoms with Crippen LogP contribution >= 0.6 is 0 Å². The van der Waals surface area contributed by atoms with Crippen LogP contribution in [-0.2, 0) is 20.0 Å². The number of aliphatic hydroxyl groups is 1. The molecule has 0 saturated carbocycles. The molecule has 0 aliphatic heterocycles. The lowest BCUT2D eigenvalue weighted by atomic mass is 10.1. The molecule has 96 valence electrons. The van der Waals surface area contributed by atoms with Crippen LogP contribution < -0.4 is 5.32 Å². The molecule has 1 aromatic heterocycles. The second-order valence-corrected chi connectivity index (χ2v) is 4.33. The predicted molar refractivity (Wildman–Crippen MR) is 72.4 cm³/mol. The topological polar surface area (TPSA) is 50.1 Å². The van der Waals surface area contributed by atoms with E-state index in [1.54, 1.807) is 6.20 Å². The Morgan fingerprint density at radius 3 is 2.94 bits per heavy atom. The zero-order valence-corrected chi connectivity index (χ0v) is 10.6. The number of aryl methyl sites for hydroxylation is 2. The first-order chi connectivity index (χ1) is 8.79. The largest absolute Gasteiger partial charge is 0.396 e. The first-order valence-corrected chi connectivity index (χ1v) is 6.20. The van der Waals surface area contributed by atoms with Crippen LogP contribution in [0.3, 0.4) is 0 Å². The minimum absolute atomic E-state index is 0.243. The van der Waals surface area contributed by atoms with Gasteiger partial charge in [0.2, 0.25) is 0 Å². The van der Waals surface area contributed by atoms with E-state index in [1.165, 1.54) is 5.56 Å². The Labute approximate surface area is 107 Å². The van der Waals surface area contributed by atoms with Gasteiger partial charge in [0.25, 0.3) is 0 Å². The van der Waals surface area contributed by atoms with E-state index in [2.05, 4.69) is 28.6 Å². The van der Waals surface area contributed by atoms with Crippen molar-refractivity contribution in [3.63, 3.8) is 0 Å². The standard InChI is InChI=1S/C14H19N3O/c1-17-14(7-8-16-17)11-15-13-6-2-4-12(10-13)5-3-9-18/h2,4,6-8,10,15,18H,3,5,9,11H2,1H3. The van der Waals surface area contributed by atoms with Gasteiger partial charge in [-0.25, -0.2) is 0 Å². The van der Waals surface area contributed by atoms with Gasteiger partial charge in [-0.3, -0.25) is 4.68 Å². The molecular formula is C14H19N3O. The third-order valence-corrected chi connectivity index (χ3v) is 2.95. The van der Waals surface area contributed by atoms with Crippen LogP contribution in [-0.4, -0.2) is 21.5 Å². The Bertz CT molecular complexity index is 493. The van der Waals surface area contributed by atoms with Crippen LogP contribution in [0.15, 0.2) is 36.5 Å². The first-order valence-electron chi connectivity index (χ1n) is 6.20. The SMILES string of the molecule is Cn1nccc1CNc1cccc(CCCO)c1. The molecule has 2 aromatic rings. The first kappa shape index (κ1) is 12.6. The number of rotatable bonds is 6. The minimum Gasteiger partial charge on any atom is -0.396 e. The number of hydrogen-bond donors (Lipinski definition) is 2. The van der Waals surface area contributed by atoms with E-state index in [4.69, 9.17) is 5.11 Å². The fraction of sp³-hybridized carbons (Fsp3) is 0.357. The fourth-order valence-corrected chi connectivity index (χ4v) is 1.89. The lowest BCUT2D eigenvalue weighted by Crippen LogP contribution is -2.05. The Kier molecular flexibility index (Phi) is 4.36. The molecule has 0 aliphatic rings. The lowest BCUT2D eigenvalue weighted by molar-refractivity contribution is 0.288. The highest BCUT2D eigenvalue weighted by molar-refractivity contribution is 5.46. The average Bonchev–Trinajstić information content (AvgIpc) is 2.80. The number of nitrogens with zero attached hydrogens (tertiary/aromatic N) is 2. The van der Waals surface area contributed by atoms with Crippen molar-refractivity contribution < 1.29 is 5.11 Å². The normalized spacial score (nSPS) is 10.6. The smallest absolute Gasteiger partial charge is 0.0571 e. The van der Waals surface area contributed by atoms with Gasteiger partial charge < -0.3 is 10.4 Å². The number of nitrogens with one attached hydrogen (secondary N) is 1. The molecule has 0 fully saturated rings. The molecule has 18 heavy (non-hydrogen) atoms. The average molecular weight is 245 g/mol. The van der Waals surface area contributed by atoms with Gasteiger partial charge in [-0.15, -0.1) is 0 Å². The third kappa shape index (κ3) is 3.34. The third-order valence-electron chi connectivity index (χ3n) is 2.95. The second-order valence-electron chi connectivity index (χ2n) is 4.33. The van der Waals surface area contributed by atoms with E-state index >= 15 is 0 Å². The minimum atomic E-state index is 0.243. The van der Waals surface area contributed by atoms with Gasteiger partial charge in [0.1, 0.15) is 0 Å². The summed E-state index contributed by atoms with van der Waals surface area (Å²) in [5.74, 6) is 0. The van der Waals surface area contributed by atoms with E-state index in [9.17, 15) is 0 Å². The van der Waals surface area contributed by atoms with Crippen LogP contribution in [0.1, 0.15) is 17.7 Å². The Balaban J connectivity index is 1.95. The number of aromatic nitrogens is 2. The summed E-state index contributed by atoms with van der Waals surface area (Å²) in [5.41, 5.74) is 3.50. The summed E-state index contributed by atoms with van der Waals surface area (Å²) < 4.78 is 1.86. The van der Waals surface area contributed by atoms with Gasteiger partial charge in [0, 0.05) is 25.5 Å². The molecule has 0 atom stereocenters. The monoisotopic (exact) mass is 245 g/mol. The summed E-state index contributed by atoms with van der Waals surface area (Å²) >= 11 is 0. The number of benzene rings is 1. The highest BCUT2D eigenvalue weighted by Crippen LogP contribution is 2.13. The molecule has 0 saturated heterocycles. The van der Waals surface area contributed by atoms with Crippen LogP contribution in [0.2, 0.25) is 0 Å². The van der Waals surface area contributed by atoms with E-state index in [0.717, 1.165) is 30.8 Å². The molecular weight excluding hydrogens is 226 g/mol. The van der Waals surface area contributed by atoms with Crippen LogP contribution in [0.4, 0.5) is 5.69 Å². The number of aliphatic hydroxyl groups excluding tert-OH is 1. The van der Waals surface area contributed by atoms with Crippen molar-refractivity contribution in [1.29, 1.82) is 0 Å². The summed E-state index contributed by atoms with van der Waals surface area (Å²) in [5, 5.41) is 16.3. The molecule has 4 nitrogen and oxygen atoms in total. The van der Waals surface area contributed by atoms with Crippen molar-refractivity contribution in [2.75, 3.05) is 11.9 Å². The predicted octanol–water partition coefficient (Wildman–Crippen LogP) is 1.96. The molecule has 0 radical (unpaired) electrons. The molecule has 0 amide bonds. The van der Waals surface area contributed by atoms with E-state index in [1.807, 2.05) is 23.9 Å². The molecule has 2 N–H and O–H groups in total. The van der Waals surface area contributed by atoms with Crippen molar-refractivity contribution in [2.24, 2.45) is 7.05 Å². The molecule has 1 aromatic carbocycles. The van der Waals surface area contributed by atoms with Gasteiger partial charge in [-0.1, -0.05) is 12.1 Å². The van der Waals surface area contributed by atoms with Gasteiger partial charge >= 0.3 is 0 Å². The summed E-state index contributed by atoms with van der Waals surface area (Å²) in [6.07, 6.45) is 3.53. The Hall–Kier alpha value is -1.81. The van der Waals surface area contributed by atoms with Crippen molar-refractivity contribution in [3.05, 3.63) is 47.8 Å². The highest BCUT2D eigenvalue weighted by Gasteiger charge is 1.99. The summed E-state index contributed by atoms with van der Waals surface area (Å²) in [6, 6.07) is 10.3. The van der Waals surface area contributed by atoms with Crippen LogP contribution in [0, 0.1) is 0 Å². The summed E-state index contributed by atoms with van der Waals surface area (Å²) in [4.78, 5) is 0. The van der Waals surface area contributed by atoms with Crippen LogP contribution in [0.5, 0.6) is 0 Å². The molecule has 0 unspecified atom stereocenters. The molecule has 0 bridgehead atoms. The maximum absolute atomic E-state index is 8.83. The van der Waals surface area contributed by atoms with E-state index in [0.29, 0.717) is 0 Å². The van der Waals surface area contributed by atoms with E-state index in [-0.39, 0.29) is 6.61 Å². The molecule has 1 heterocycles. The van der Waals surface area contributed by atoms with Gasteiger partial charge in [0.15, 0.2) is 0 Å². The van der Waals surface area contributed by atoms with Crippen molar-refractivity contribution in [1.82, 2.24) is 9.78 Å². The molecule has 0 aliphatic carbocycles. The second kappa shape index (κ2) is 6.21. The number of anilines is 1. The van der Waals surface area contributed by atoms with Crippen molar-refractivity contribution in [3.8, 4) is 0 Å². The molecule has 0 spiro atoms. The Morgan fingerprint density at radius 1 is 1.33 bits per heavy atom.